The van der Waals surface area contributed by atoms with Gasteiger partial charge >= 0.3 is 5.97 Å². The Morgan fingerprint density at radius 2 is 1.93 bits per heavy atom. The van der Waals surface area contributed by atoms with Gasteiger partial charge in [-0.15, -0.1) is 0 Å². The first-order valence-electron chi connectivity index (χ1n) is 5.50. The summed E-state index contributed by atoms with van der Waals surface area (Å²) in [5, 5.41) is 8.99. The largest absolute Gasteiger partial charge is 0.466 e. The molecular weight excluding hydrogens is 180 g/mol. The van der Waals surface area contributed by atoms with Gasteiger partial charge in [-0.05, 0) is 26.7 Å². The molecule has 0 fully saturated rings. The van der Waals surface area contributed by atoms with Crippen LogP contribution < -0.4 is 0 Å². The average Bonchev–Trinajstić information content (AvgIpc) is 2.11. The molecule has 0 aromatic rings. The summed E-state index contributed by atoms with van der Waals surface area (Å²) >= 11 is 0. The van der Waals surface area contributed by atoms with E-state index in [0.29, 0.717) is 13.0 Å². The molecule has 3 nitrogen and oxygen atoms in total. The fourth-order valence-electron chi connectivity index (χ4n) is 1.30. The molecule has 0 rings (SSSR count). The summed E-state index contributed by atoms with van der Waals surface area (Å²) in [6.07, 6.45) is 5.27. The molecule has 0 aliphatic heterocycles. The van der Waals surface area contributed by atoms with Crippen molar-refractivity contribution in [3.63, 3.8) is 0 Å². The van der Waals surface area contributed by atoms with E-state index < -0.39 is 0 Å². The van der Waals surface area contributed by atoms with Crippen molar-refractivity contribution < 1.29 is 14.6 Å². The molecule has 1 atom stereocenters. The van der Waals surface area contributed by atoms with Crippen LogP contribution in [0.5, 0.6) is 0 Å². The Balaban J connectivity index is 3.09. The van der Waals surface area contributed by atoms with Gasteiger partial charge in [0.25, 0.3) is 0 Å². The summed E-state index contributed by atoms with van der Waals surface area (Å²) in [6.45, 7) is 4.10. The molecule has 0 unspecified atom stereocenters. The van der Waals surface area contributed by atoms with Crippen LogP contribution in [0.4, 0.5) is 0 Å². The molecule has 0 amide bonds. The minimum atomic E-state index is -0.194. The standard InChI is InChI=1S/C11H22O3/c1-3-14-11(13)9-7-5-4-6-8-10(2)12/h10,12H,3-9H2,1-2H3/t10-/m1/s1. The van der Waals surface area contributed by atoms with Crippen LogP contribution in [-0.2, 0) is 9.53 Å². The second kappa shape index (κ2) is 9.00. The third-order valence-electron chi connectivity index (χ3n) is 2.06. The lowest BCUT2D eigenvalue weighted by Crippen LogP contribution is -2.03. The van der Waals surface area contributed by atoms with Crippen LogP contribution in [0.2, 0.25) is 0 Å². The van der Waals surface area contributed by atoms with Crippen molar-refractivity contribution >= 4 is 5.97 Å². The van der Waals surface area contributed by atoms with Gasteiger partial charge < -0.3 is 9.84 Å². The maximum Gasteiger partial charge on any atom is 0.305 e. The van der Waals surface area contributed by atoms with Gasteiger partial charge in [-0.2, -0.15) is 0 Å². The van der Waals surface area contributed by atoms with Crippen LogP contribution in [0, 0.1) is 0 Å². The van der Waals surface area contributed by atoms with Crippen molar-refractivity contribution in [3.8, 4) is 0 Å². The maximum absolute atomic E-state index is 10.9. The van der Waals surface area contributed by atoms with E-state index in [1.54, 1.807) is 6.92 Å². The predicted molar refractivity (Wildman–Crippen MR) is 56.0 cm³/mol. The lowest BCUT2D eigenvalue weighted by molar-refractivity contribution is -0.143. The van der Waals surface area contributed by atoms with E-state index in [4.69, 9.17) is 9.84 Å². The minimum absolute atomic E-state index is 0.0944. The zero-order valence-electron chi connectivity index (χ0n) is 9.29. The van der Waals surface area contributed by atoms with Crippen LogP contribution >= 0.6 is 0 Å². The van der Waals surface area contributed by atoms with Crippen LogP contribution in [0.3, 0.4) is 0 Å². The van der Waals surface area contributed by atoms with Gasteiger partial charge in [-0.1, -0.05) is 19.3 Å². The molecule has 3 heteroatoms. The van der Waals surface area contributed by atoms with Gasteiger partial charge in [0, 0.05) is 6.42 Å². The van der Waals surface area contributed by atoms with Crippen molar-refractivity contribution in [1.82, 2.24) is 0 Å². The van der Waals surface area contributed by atoms with E-state index in [1.807, 2.05) is 6.92 Å². The molecule has 0 radical (unpaired) electrons. The molecule has 14 heavy (non-hydrogen) atoms. The molecule has 1 N–H and O–H groups in total. The fraction of sp³-hybridized carbons (Fsp3) is 0.909. The van der Waals surface area contributed by atoms with Gasteiger partial charge in [-0.3, -0.25) is 4.79 Å². The lowest BCUT2D eigenvalue weighted by Gasteiger charge is -2.03. The van der Waals surface area contributed by atoms with E-state index >= 15 is 0 Å². The smallest absolute Gasteiger partial charge is 0.305 e. The van der Waals surface area contributed by atoms with Crippen molar-refractivity contribution in [3.05, 3.63) is 0 Å². The summed E-state index contributed by atoms with van der Waals surface area (Å²) < 4.78 is 4.81. The first-order chi connectivity index (χ1) is 6.66. The second-order valence-electron chi connectivity index (χ2n) is 3.61. The Morgan fingerprint density at radius 3 is 2.50 bits per heavy atom. The number of hydrogen-bond acceptors (Lipinski definition) is 3. The van der Waals surface area contributed by atoms with Crippen molar-refractivity contribution in [2.45, 2.75) is 58.5 Å². The number of unbranched alkanes of at least 4 members (excludes halogenated alkanes) is 3. The van der Waals surface area contributed by atoms with Gasteiger partial charge in [0.2, 0.25) is 0 Å². The van der Waals surface area contributed by atoms with Crippen LogP contribution in [0.15, 0.2) is 0 Å². The summed E-state index contributed by atoms with van der Waals surface area (Å²) in [5.41, 5.74) is 0. The minimum Gasteiger partial charge on any atom is -0.466 e. The third kappa shape index (κ3) is 9.52. The summed E-state index contributed by atoms with van der Waals surface area (Å²) in [7, 11) is 0. The Kier molecular flexibility index (Phi) is 8.64. The zero-order valence-corrected chi connectivity index (χ0v) is 9.29. The van der Waals surface area contributed by atoms with Gasteiger partial charge in [0.05, 0.1) is 12.7 Å². The predicted octanol–water partition coefficient (Wildman–Crippen LogP) is 2.27. The number of carbonyl (C=O) groups excluding carboxylic acids is 1. The Morgan fingerprint density at radius 1 is 1.29 bits per heavy atom. The molecule has 0 bridgehead atoms. The van der Waals surface area contributed by atoms with Gasteiger partial charge in [0.15, 0.2) is 0 Å². The SMILES string of the molecule is CCOC(=O)CCCCCC[C@@H](C)O. The molecule has 0 heterocycles. The molecule has 0 saturated heterocycles. The Hall–Kier alpha value is -0.570. The van der Waals surface area contributed by atoms with E-state index in [9.17, 15) is 4.79 Å². The molecule has 0 aliphatic rings. The number of rotatable bonds is 8. The highest BCUT2D eigenvalue weighted by atomic mass is 16.5. The molecule has 0 aromatic heterocycles. The normalized spacial score (nSPS) is 12.5. The summed E-state index contributed by atoms with van der Waals surface area (Å²) in [5.74, 6) is -0.0944. The van der Waals surface area contributed by atoms with Crippen molar-refractivity contribution in [1.29, 1.82) is 0 Å². The summed E-state index contributed by atoms with van der Waals surface area (Å²) in [6, 6.07) is 0. The number of ether oxygens (including phenoxy) is 1. The molecule has 0 saturated carbocycles. The average molecular weight is 202 g/mol. The quantitative estimate of drug-likeness (QED) is 0.485. The highest BCUT2D eigenvalue weighted by molar-refractivity contribution is 5.69. The number of aliphatic hydroxyl groups excluding tert-OH is 1. The maximum atomic E-state index is 10.9. The topological polar surface area (TPSA) is 46.5 Å². The number of carbonyl (C=O) groups is 1. The first kappa shape index (κ1) is 13.4. The highest BCUT2D eigenvalue weighted by Crippen LogP contribution is 2.07. The van der Waals surface area contributed by atoms with Crippen LogP contribution in [-0.4, -0.2) is 23.8 Å². The van der Waals surface area contributed by atoms with Crippen molar-refractivity contribution in [2.24, 2.45) is 0 Å². The third-order valence-corrected chi connectivity index (χ3v) is 2.06. The monoisotopic (exact) mass is 202 g/mol. The van der Waals surface area contributed by atoms with E-state index in [0.717, 1.165) is 32.1 Å². The van der Waals surface area contributed by atoms with Crippen LogP contribution in [0.1, 0.15) is 52.4 Å². The highest BCUT2D eigenvalue weighted by Gasteiger charge is 2.01. The van der Waals surface area contributed by atoms with Crippen molar-refractivity contribution in [2.75, 3.05) is 6.61 Å². The lowest BCUT2D eigenvalue weighted by atomic mass is 10.1. The van der Waals surface area contributed by atoms with Gasteiger partial charge in [-0.25, -0.2) is 0 Å². The van der Waals surface area contributed by atoms with Gasteiger partial charge in [0.1, 0.15) is 0 Å². The molecular formula is C11H22O3. The van der Waals surface area contributed by atoms with E-state index in [-0.39, 0.29) is 12.1 Å². The molecule has 0 aliphatic carbocycles. The number of esters is 1. The first-order valence-corrected chi connectivity index (χ1v) is 5.50. The molecule has 84 valence electrons. The Labute approximate surface area is 86.5 Å². The molecule has 0 spiro atoms. The Bertz CT molecular complexity index is 143. The zero-order chi connectivity index (χ0) is 10.8. The van der Waals surface area contributed by atoms with E-state index in [1.165, 1.54) is 0 Å². The summed E-state index contributed by atoms with van der Waals surface area (Å²) in [4.78, 5) is 10.9. The van der Waals surface area contributed by atoms with Crippen LogP contribution in [0.25, 0.3) is 0 Å². The fourth-order valence-corrected chi connectivity index (χ4v) is 1.30. The number of hydrogen-bond donors (Lipinski definition) is 1. The van der Waals surface area contributed by atoms with E-state index in [2.05, 4.69) is 0 Å². The molecule has 0 aromatic carbocycles. The second-order valence-corrected chi connectivity index (χ2v) is 3.61. The number of aliphatic hydroxyl groups is 1.